The van der Waals surface area contributed by atoms with Gasteiger partial charge in [-0.2, -0.15) is 0 Å². The Labute approximate surface area is 164 Å². The minimum absolute atomic E-state index is 0.453. The van der Waals surface area contributed by atoms with Crippen molar-refractivity contribution in [2.24, 2.45) is 0 Å². The molecule has 0 aliphatic heterocycles. The van der Waals surface area contributed by atoms with Gasteiger partial charge in [-0.15, -0.1) is 0 Å². The summed E-state index contributed by atoms with van der Waals surface area (Å²) in [5, 5.41) is 4.40. The van der Waals surface area contributed by atoms with Gasteiger partial charge in [0.15, 0.2) is 11.5 Å². The first-order valence-electron chi connectivity index (χ1n) is 9.61. The van der Waals surface area contributed by atoms with E-state index in [0.717, 1.165) is 46.7 Å². The third-order valence-electron chi connectivity index (χ3n) is 4.88. The monoisotopic (exact) mass is 379 g/mol. The molecule has 4 rings (SSSR count). The van der Waals surface area contributed by atoms with Gasteiger partial charge < -0.3 is 19.5 Å². The number of para-hydroxylation sites is 1. The Hall–Kier alpha value is -3.02. The molecule has 1 aliphatic rings. The smallest absolute Gasteiger partial charge is 0.162 e. The van der Waals surface area contributed by atoms with Crippen LogP contribution in [0.5, 0.6) is 17.2 Å². The summed E-state index contributed by atoms with van der Waals surface area (Å²) in [4.78, 5) is 9.60. The van der Waals surface area contributed by atoms with Crippen LogP contribution in [0.1, 0.15) is 37.1 Å². The zero-order valence-electron chi connectivity index (χ0n) is 16.5. The summed E-state index contributed by atoms with van der Waals surface area (Å²) < 4.78 is 16.7. The van der Waals surface area contributed by atoms with Gasteiger partial charge in [0.2, 0.25) is 0 Å². The first-order valence-corrected chi connectivity index (χ1v) is 9.61. The molecule has 0 spiro atoms. The van der Waals surface area contributed by atoms with Crippen molar-refractivity contribution >= 4 is 16.7 Å². The maximum absolute atomic E-state index is 5.74. The third-order valence-corrected chi connectivity index (χ3v) is 4.88. The summed E-state index contributed by atoms with van der Waals surface area (Å²) in [5.41, 5.74) is 1.94. The molecule has 1 aromatic heterocycles. The van der Waals surface area contributed by atoms with Gasteiger partial charge in [-0.25, -0.2) is 9.97 Å². The van der Waals surface area contributed by atoms with Crippen LogP contribution in [0, 0.1) is 0 Å². The van der Waals surface area contributed by atoms with Crippen LogP contribution in [-0.2, 0) is 6.54 Å². The number of hydrogen-bond acceptors (Lipinski definition) is 6. The molecule has 6 heteroatoms. The second-order valence-corrected chi connectivity index (χ2v) is 6.82. The average molecular weight is 379 g/mol. The van der Waals surface area contributed by atoms with Crippen molar-refractivity contribution < 1.29 is 14.2 Å². The number of ether oxygens (including phenoxy) is 3. The second kappa shape index (κ2) is 7.92. The molecule has 1 heterocycles. The molecule has 1 N–H and O–H groups in total. The molecule has 0 bridgehead atoms. The number of nitrogens with one attached hydrogen (secondary N) is 1. The SMILES string of the molecule is CCOc1ccccc1CNc1nc(C2CC2)nc2cc(OC)c(OC)cc12. The Morgan fingerprint density at radius 2 is 1.75 bits per heavy atom. The molecular formula is C22H25N3O3. The van der Waals surface area contributed by atoms with Crippen molar-refractivity contribution in [2.75, 3.05) is 26.1 Å². The molecule has 1 aliphatic carbocycles. The maximum Gasteiger partial charge on any atom is 0.162 e. The zero-order valence-corrected chi connectivity index (χ0v) is 16.5. The van der Waals surface area contributed by atoms with E-state index in [9.17, 15) is 0 Å². The molecule has 0 amide bonds. The van der Waals surface area contributed by atoms with Gasteiger partial charge >= 0.3 is 0 Å². The van der Waals surface area contributed by atoms with Gasteiger partial charge in [-0.1, -0.05) is 18.2 Å². The Morgan fingerprint density at radius 1 is 1.00 bits per heavy atom. The quantitative estimate of drug-likeness (QED) is 0.620. The summed E-state index contributed by atoms with van der Waals surface area (Å²) in [6.45, 7) is 3.24. The average Bonchev–Trinajstić information content (AvgIpc) is 3.57. The van der Waals surface area contributed by atoms with Crippen molar-refractivity contribution in [2.45, 2.75) is 32.2 Å². The minimum Gasteiger partial charge on any atom is -0.494 e. The van der Waals surface area contributed by atoms with E-state index in [1.54, 1.807) is 14.2 Å². The van der Waals surface area contributed by atoms with E-state index >= 15 is 0 Å². The molecular weight excluding hydrogens is 354 g/mol. The highest BCUT2D eigenvalue weighted by atomic mass is 16.5. The number of rotatable bonds is 8. The van der Waals surface area contributed by atoms with E-state index in [0.29, 0.717) is 30.6 Å². The first kappa shape index (κ1) is 18.3. The number of hydrogen-bond donors (Lipinski definition) is 1. The number of methoxy groups -OCH3 is 2. The lowest BCUT2D eigenvalue weighted by atomic mass is 10.1. The van der Waals surface area contributed by atoms with Gasteiger partial charge in [-0.05, 0) is 31.9 Å². The summed E-state index contributed by atoms with van der Waals surface area (Å²) in [7, 11) is 3.27. The second-order valence-electron chi connectivity index (χ2n) is 6.82. The fourth-order valence-electron chi connectivity index (χ4n) is 3.26. The van der Waals surface area contributed by atoms with Crippen LogP contribution in [0.2, 0.25) is 0 Å². The highest BCUT2D eigenvalue weighted by Gasteiger charge is 2.28. The number of fused-ring (bicyclic) bond motifs is 1. The predicted octanol–water partition coefficient (Wildman–Crippen LogP) is 4.54. The fourth-order valence-corrected chi connectivity index (χ4v) is 3.26. The molecule has 0 radical (unpaired) electrons. The van der Waals surface area contributed by atoms with Gasteiger partial charge in [0, 0.05) is 29.5 Å². The topological polar surface area (TPSA) is 65.5 Å². The molecule has 6 nitrogen and oxygen atoms in total. The zero-order chi connectivity index (χ0) is 19.5. The van der Waals surface area contributed by atoms with Gasteiger partial charge in [0.25, 0.3) is 0 Å². The normalized spacial score (nSPS) is 13.4. The lowest BCUT2D eigenvalue weighted by molar-refractivity contribution is 0.337. The van der Waals surface area contributed by atoms with Gasteiger partial charge in [0.1, 0.15) is 17.4 Å². The van der Waals surface area contributed by atoms with Crippen LogP contribution in [-0.4, -0.2) is 30.8 Å². The van der Waals surface area contributed by atoms with Crippen molar-refractivity contribution in [1.82, 2.24) is 9.97 Å². The van der Waals surface area contributed by atoms with Crippen LogP contribution in [0.25, 0.3) is 10.9 Å². The van der Waals surface area contributed by atoms with Crippen molar-refractivity contribution in [3.8, 4) is 17.2 Å². The van der Waals surface area contributed by atoms with E-state index in [2.05, 4.69) is 11.4 Å². The molecule has 28 heavy (non-hydrogen) atoms. The first-order chi connectivity index (χ1) is 13.7. The van der Waals surface area contributed by atoms with Crippen LogP contribution in [0.4, 0.5) is 5.82 Å². The molecule has 2 aromatic carbocycles. The van der Waals surface area contributed by atoms with Crippen molar-refractivity contribution in [3.63, 3.8) is 0 Å². The summed E-state index contributed by atoms with van der Waals surface area (Å²) in [6.07, 6.45) is 2.29. The van der Waals surface area contributed by atoms with Crippen LogP contribution >= 0.6 is 0 Å². The lowest BCUT2D eigenvalue weighted by Crippen LogP contribution is -2.07. The molecule has 1 saturated carbocycles. The van der Waals surface area contributed by atoms with E-state index in [1.807, 2.05) is 37.3 Å². The summed E-state index contributed by atoms with van der Waals surface area (Å²) >= 11 is 0. The summed E-state index contributed by atoms with van der Waals surface area (Å²) in [5.74, 6) is 4.37. The molecule has 0 unspecified atom stereocenters. The van der Waals surface area contributed by atoms with Crippen LogP contribution in [0.15, 0.2) is 36.4 Å². The van der Waals surface area contributed by atoms with E-state index in [-0.39, 0.29) is 0 Å². The highest BCUT2D eigenvalue weighted by Crippen LogP contribution is 2.41. The molecule has 1 fully saturated rings. The van der Waals surface area contributed by atoms with Crippen LogP contribution in [0.3, 0.4) is 0 Å². The van der Waals surface area contributed by atoms with Crippen LogP contribution < -0.4 is 19.5 Å². The lowest BCUT2D eigenvalue weighted by Gasteiger charge is -2.15. The van der Waals surface area contributed by atoms with Gasteiger partial charge in [0.05, 0.1) is 26.3 Å². The number of benzene rings is 2. The number of nitrogens with zero attached hydrogens (tertiary/aromatic N) is 2. The number of aromatic nitrogens is 2. The number of anilines is 1. The maximum atomic E-state index is 5.74. The van der Waals surface area contributed by atoms with Crippen molar-refractivity contribution in [3.05, 3.63) is 47.8 Å². The minimum atomic E-state index is 0.453. The van der Waals surface area contributed by atoms with E-state index in [1.165, 1.54) is 0 Å². The highest BCUT2D eigenvalue weighted by molar-refractivity contribution is 5.92. The molecule has 0 saturated heterocycles. The Balaban J connectivity index is 1.72. The Kier molecular flexibility index (Phi) is 5.19. The molecule has 146 valence electrons. The third kappa shape index (κ3) is 3.67. The predicted molar refractivity (Wildman–Crippen MR) is 110 cm³/mol. The van der Waals surface area contributed by atoms with Crippen molar-refractivity contribution in [1.29, 1.82) is 0 Å². The van der Waals surface area contributed by atoms with Gasteiger partial charge in [-0.3, -0.25) is 0 Å². The molecule has 3 aromatic rings. The Morgan fingerprint density at radius 3 is 2.46 bits per heavy atom. The van der Waals surface area contributed by atoms with E-state index in [4.69, 9.17) is 24.2 Å². The Bertz CT molecular complexity index is 986. The largest absolute Gasteiger partial charge is 0.494 e. The standard InChI is InChI=1S/C22H25N3O3/c1-4-28-18-8-6-5-7-15(18)13-23-22-16-11-19(26-2)20(27-3)12-17(16)24-21(25-22)14-9-10-14/h5-8,11-12,14H,4,9-10,13H2,1-3H3,(H,23,24,25). The fraction of sp³-hybridized carbons (Fsp3) is 0.364. The van der Waals surface area contributed by atoms with E-state index < -0.39 is 0 Å². The molecule has 0 atom stereocenters. The summed E-state index contributed by atoms with van der Waals surface area (Å²) in [6, 6.07) is 11.9.